The van der Waals surface area contributed by atoms with Crippen LogP contribution >= 0.6 is 0 Å². The number of rotatable bonds is 6. The van der Waals surface area contributed by atoms with Crippen molar-refractivity contribution in [3.8, 4) is 11.5 Å². The first kappa shape index (κ1) is 18.1. The third-order valence-electron chi connectivity index (χ3n) is 4.55. The van der Waals surface area contributed by atoms with Gasteiger partial charge in [-0.3, -0.25) is 0 Å². The van der Waals surface area contributed by atoms with Crippen LogP contribution in [-0.4, -0.2) is 49.9 Å². The van der Waals surface area contributed by atoms with Crippen molar-refractivity contribution in [2.45, 2.75) is 25.8 Å². The van der Waals surface area contributed by atoms with Crippen LogP contribution in [-0.2, 0) is 6.54 Å². The molecule has 0 aliphatic carbocycles. The normalized spacial score (nSPS) is 17.4. The van der Waals surface area contributed by atoms with Crippen molar-refractivity contribution in [3.63, 3.8) is 0 Å². The van der Waals surface area contributed by atoms with E-state index in [2.05, 4.69) is 34.4 Å². The van der Waals surface area contributed by atoms with E-state index in [1.54, 1.807) is 20.5 Å². The average molecular weight is 358 g/mol. The first-order valence-electron chi connectivity index (χ1n) is 8.89. The fourth-order valence-corrected chi connectivity index (χ4v) is 3.19. The summed E-state index contributed by atoms with van der Waals surface area (Å²) in [5, 5.41) is 7.29. The fourth-order valence-electron chi connectivity index (χ4n) is 3.19. The third kappa shape index (κ3) is 4.28. The summed E-state index contributed by atoms with van der Waals surface area (Å²) in [6.07, 6.45) is 2.63. The minimum absolute atomic E-state index is 0.412. The number of benzene rings is 1. The number of ether oxygens (including phenoxy) is 2. The number of aromatic nitrogens is 1. The summed E-state index contributed by atoms with van der Waals surface area (Å²) in [5.74, 6) is 2.97. The molecule has 1 saturated heterocycles. The second-order valence-electron chi connectivity index (χ2n) is 6.24. The quantitative estimate of drug-likeness (QED) is 0.632. The van der Waals surface area contributed by atoms with Gasteiger partial charge in [-0.05, 0) is 31.0 Å². The molecule has 0 spiro atoms. The zero-order chi connectivity index (χ0) is 18.4. The van der Waals surface area contributed by atoms with Crippen LogP contribution in [0.25, 0.3) is 0 Å². The molecule has 1 aliphatic heterocycles. The second kappa shape index (κ2) is 8.60. The molecule has 3 rings (SSSR count). The lowest BCUT2D eigenvalue weighted by molar-refractivity contribution is 0.392. The highest BCUT2D eigenvalue weighted by Gasteiger charge is 2.27. The first-order valence-corrected chi connectivity index (χ1v) is 8.89. The van der Waals surface area contributed by atoms with Crippen LogP contribution in [0.1, 0.15) is 30.5 Å². The Morgan fingerprint density at radius 2 is 2.08 bits per heavy atom. The molecule has 1 aliphatic rings. The lowest BCUT2D eigenvalue weighted by Crippen LogP contribution is -2.40. The second-order valence-corrected chi connectivity index (χ2v) is 6.24. The van der Waals surface area contributed by atoms with Gasteiger partial charge in [0, 0.05) is 37.7 Å². The van der Waals surface area contributed by atoms with Gasteiger partial charge >= 0.3 is 0 Å². The summed E-state index contributed by atoms with van der Waals surface area (Å²) in [6, 6.07) is 7.92. The summed E-state index contributed by atoms with van der Waals surface area (Å²) >= 11 is 0. The predicted molar refractivity (Wildman–Crippen MR) is 99.8 cm³/mol. The van der Waals surface area contributed by atoms with Gasteiger partial charge in [-0.15, -0.1) is 0 Å². The minimum atomic E-state index is 0.412. The molecule has 0 bridgehead atoms. The Hall–Kier alpha value is -2.70. The molecule has 26 heavy (non-hydrogen) atoms. The molecule has 0 saturated carbocycles. The van der Waals surface area contributed by atoms with Crippen LogP contribution in [0, 0.1) is 0 Å². The highest BCUT2D eigenvalue weighted by molar-refractivity contribution is 5.80. The molecule has 2 aromatic rings. The molecule has 140 valence electrons. The Kier molecular flexibility index (Phi) is 5.99. The molecule has 0 amide bonds. The van der Waals surface area contributed by atoms with Crippen molar-refractivity contribution in [1.82, 2.24) is 15.4 Å². The average Bonchev–Trinajstić information content (AvgIpc) is 3.36. The van der Waals surface area contributed by atoms with E-state index in [-0.39, 0.29) is 0 Å². The molecule has 7 nitrogen and oxygen atoms in total. The Bertz CT molecular complexity index is 708. The highest BCUT2D eigenvalue weighted by Crippen LogP contribution is 2.32. The maximum absolute atomic E-state index is 5.40. The van der Waals surface area contributed by atoms with E-state index in [1.807, 2.05) is 12.1 Å². The fraction of sp³-hybridized carbons (Fsp3) is 0.474. The largest absolute Gasteiger partial charge is 0.497 e. The first-order chi connectivity index (χ1) is 12.7. The summed E-state index contributed by atoms with van der Waals surface area (Å²) < 4.78 is 15.7. The summed E-state index contributed by atoms with van der Waals surface area (Å²) in [5.41, 5.74) is 2.06. The monoisotopic (exact) mass is 358 g/mol. The molecular weight excluding hydrogens is 332 g/mol. The maximum Gasteiger partial charge on any atom is 0.194 e. The molecular formula is C19H26N4O3. The lowest BCUT2D eigenvalue weighted by Gasteiger charge is -2.22. The number of hydrogen-bond acceptors (Lipinski definition) is 5. The minimum Gasteiger partial charge on any atom is -0.497 e. The van der Waals surface area contributed by atoms with Gasteiger partial charge in [-0.1, -0.05) is 5.16 Å². The van der Waals surface area contributed by atoms with E-state index >= 15 is 0 Å². The van der Waals surface area contributed by atoms with Gasteiger partial charge < -0.3 is 24.2 Å². The molecule has 1 N–H and O–H groups in total. The maximum atomic E-state index is 5.40. The van der Waals surface area contributed by atoms with Crippen LogP contribution in [0.15, 0.2) is 40.0 Å². The zero-order valence-corrected chi connectivity index (χ0v) is 15.6. The van der Waals surface area contributed by atoms with Gasteiger partial charge in [0.2, 0.25) is 0 Å². The van der Waals surface area contributed by atoms with Crippen LogP contribution < -0.4 is 14.8 Å². The van der Waals surface area contributed by atoms with Crippen molar-refractivity contribution in [1.29, 1.82) is 0 Å². The lowest BCUT2D eigenvalue weighted by atomic mass is 9.98. The molecule has 7 heteroatoms. The summed E-state index contributed by atoms with van der Waals surface area (Å²) in [6.45, 7) is 5.26. The highest BCUT2D eigenvalue weighted by atomic mass is 16.5. The number of hydrogen-bond donors (Lipinski definition) is 1. The van der Waals surface area contributed by atoms with Crippen molar-refractivity contribution < 1.29 is 14.0 Å². The van der Waals surface area contributed by atoms with Crippen LogP contribution in [0.3, 0.4) is 0 Å². The van der Waals surface area contributed by atoms with E-state index in [0.717, 1.165) is 49.2 Å². The van der Waals surface area contributed by atoms with Gasteiger partial charge in [-0.25, -0.2) is 4.99 Å². The predicted octanol–water partition coefficient (Wildman–Crippen LogP) is 2.65. The SMILES string of the molecule is CCNC(=NCc1ccon1)N1CCC(c2cc(OC)cc(OC)c2)C1. The Balaban J connectivity index is 1.72. The van der Waals surface area contributed by atoms with Gasteiger partial charge in [-0.2, -0.15) is 0 Å². The standard InChI is InChI=1S/C19H26N4O3/c1-4-20-19(21-12-16-6-8-26-22-16)23-7-5-14(13-23)15-9-17(24-2)11-18(10-15)25-3/h6,8-11,14H,4-5,7,12-13H2,1-3H3,(H,20,21). The van der Waals surface area contributed by atoms with E-state index in [9.17, 15) is 0 Å². The molecule has 2 heterocycles. The topological polar surface area (TPSA) is 72.1 Å². The Labute approximate surface area is 154 Å². The van der Waals surface area contributed by atoms with E-state index < -0.39 is 0 Å². The summed E-state index contributed by atoms with van der Waals surface area (Å²) in [4.78, 5) is 6.98. The number of aliphatic imine (C=N–C) groups is 1. The van der Waals surface area contributed by atoms with Crippen LogP contribution in [0.4, 0.5) is 0 Å². The van der Waals surface area contributed by atoms with Crippen molar-refractivity contribution >= 4 is 5.96 Å². The molecule has 1 aromatic heterocycles. The zero-order valence-electron chi connectivity index (χ0n) is 15.6. The molecule has 0 radical (unpaired) electrons. The number of likely N-dealkylation sites (tertiary alicyclic amines) is 1. The van der Waals surface area contributed by atoms with E-state index in [4.69, 9.17) is 19.0 Å². The van der Waals surface area contributed by atoms with Gasteiger partial charge in [0.1, 0.15) is 23.5 Å². The molecule has 1 aromatic carbocycles. The molecule has 1 atom stereocenters. The Morgan fingerprint density at radius 1 is 1.31 bits per heavy atom. The number of nitrogens with one attached hydrogen (secondary N) is 1. The van der Waals surface area contributed by atoms with E-state index in [1.165, 1.54) is 5.56 Å². The van der Waals surface area contributed by atoms with Crippen LogP contribution in [0.5, 0.6) is 11.5 Å². The molecule has 1 unspecified atom stereocenters. The van der Waals surface area contributed by atoms with Gasteiger partial charge in [0.05, 0.1) is 20.8 Å². The van der Waals surface area contributed by atoms with Crippen LogP contribution in [0.2, 0.25) is 0 Å². The van der Waals surface area contributed by atoms with Crippen molar-refractivity contribution in [2.75, 3.05) is 33.9 Å². The van der Waals surface area contributed by atoms with E-state index in [0.29, 0.717) is 12.5 Å². The smallest absolute Gasteiger partial charge is 0.194 e. The molecule has 1 fully saturated rings. The number of methoxy groups -OCH3 is 2. The van der Waals surface area contributed by atoms with Gasteiger partial charge in [0.25, 0.3) is 0 Å². The van der Waals surface area contributed by atoms with Crippen molar-refractivity contribution in [2.24, 2.45) is 4.99 Å². The number of nitrogens with zero attached hydrogens (tertiary/aromatic N) is 3. The Morgan fingerprint density at radius 3 is 2.69 bits per heavy atom. The van der Waals surface area contributed by atoms with Gasteiger partial charge in [0.15, 0.2) is 5.96 Å². The third-order valence-corrected chi connectivity index (χ3v) is 4.55. The summed E-state index contributed by atoms with van der Waals surface area (Å²) in [7, 11) is 3.36. The number of guanidine groups is 1. The van der Waals surface area contributed by atoms with Crippen molar-refractivity contribution in [3.05, 3.63) is 41.8 Å².